The van der Waals surface area contributed by atoms with Crippen molar-refractivity contribution < 1.29 is 4.74 Å². The first-order chi connectivity index (χ1) is 9.43. The standard InChI is InChI=1S/C17H27NO/c1-19-16-10-3-2-8-14-18-15-9-7-13-17-11-5-4-6-12-17/h4-7,11-13,18H,2-3,8-10,14-16H2,1H3. The Balaban J connectivity index is 1.87. The molecule has 0 saturated carbocycles. The maximum absolute atomic E-state index is 5.03. The molecule has 0 spiro atoms. The highest BCUT2D eigenvalue weighted by atomic mass is 16.5. The Morgan fingerprint density at radius 2 is 1.79 bits per heavy atom. The molecule has 1 aromatic carbocycles. The summed E-state index contributed by atoms with van der Waals surface area (Å²) < 4.78 is 5.03. The van der Waals surface area contributed by atoms with Gasteiger partial charge in [0.1, 0.15) is 0 Å². The van der Waals surface area contributed by atoms with Gasteiger partial charge in [0.15, 0.2) is 0 Å². The van der Waals surface area contributed by atoms with Crippen LogP contribution in [0.3, 0.4) is 0 Å². The molecular formula is C17H27NO. The molecule has 2 nitrogen and oxygen atoms in total. The maximum atomic E-state index is 5.03. The first-order valence-electron chi connectivity index (χ1n) is 7.34. The maximum Gasteiger partial charge on any atom is 0.0462 e. The van der Waals surface area contributed by atoms with Crippen LogP contribution in [-0.4, -0.2) is 26.8 Å². The number of rotatable bonds is 11. The number of ether oxygens (including phenoxy) is 1. The topological polar surface area (TPSA) is 21.3 Å². The Morgan fingerprint density at radius 3 is 2.58 bits per heavy atom. The van der Waals surface area contributed by atoms with Crippen molar-refractivity contribution in [2.75, 3.05) is 26.8 Å². The van der Waals surface area contributed by atoms with E-state index in [0.29, 0.717) is 0 Å². The summed E-state index contributed by atoms with van der Waals surface area (Å²) in [5.74, 6) is 0. The van der Waals surface area contributed by atoms with Crippen molar-refractivity contribution in [3.63, 3.8) is 0 Å². The molecule has 0 aliphatic rings. The predicted octanol–water partition coefficient (Wildman–Crippen LogP) is 3.89. The van der Waals surface area contributed by atoms with Crippen molar-refractivity contribution >= 4 is 6.08 Å². The summed E-state index contributed by atoms with van der Waals surface area (Å²) in [6.07, 6.45) is 10.6. The van der Waals surface area contributed by atoms with Crippen LogP contribution in [0.15, 0.2) is 36.4 Å². The third-order valence-electron chi connectivity index (χ3n) is 3.05. The smallest absolute Gasteiger partial charge is 0.0462 e. The molecule has 0 atom stereocenters. The normalized spacial score (nSPS) is 11.2. The first-order valence-corrected chi connectivity index (χ1v) is 7.34. The molecule has 0 fully saturated rings. The Kier molecular flexibility index (Phi) is 10.0. The van der Waals surface area contributed by atoms with Crippen LogP contribution in [-0.2, 0) is 4.74 Å². The second-order valence-electron chi connectivity index (χ2n) is 4.76. The van der Waals surface area contributed by atoms with Crippen LogP contribution in [0, 0.1) is 0 Å². The van der Waals surface area contributed by atoms with Gasteiger partial charge < -0.3 is 10.1 Å². The van der Waals surface area contributed by atoms with Crippen LogP contribution in [0.25, 0.3) is 6.08 Å². The molecule has 0 saturated heterocycles. The number of benzene rings is 1. The highest BCUT2D eigenvalue weighted by Crippen LogP contribution is 2.01. The van der Waals surface area contributed by atoms with Gasteiger partial charge in [-0.1, -0.05) is 55.3 Å². The largest absolute Gasteiger partial charge is 0.385 e. The zero-order chi connectivity index (χ0) is 13.6. The van der Waals surface area contributed by atoms with E-state index in [1.807, 2.05) is 6.07 Å². The minimum Gasteiger partial charge on any atom is -0.385 e. The Bertz CT molecular complexity index is 321. The number of hydrogen-bond donors (Lipinski definition) is 1. The van der Waals surface area contributed by atoms with E-state index < -0.39 is 0 Å². The van der Waals surface area contributed by atoms with Gasteiger partial charge >= 0.3 is 0 Å². The van der Waals surface area contributed by atoms with E-state index in [9.17, 15) is 0 Å². The van der Waals surface area contributed by atoms with Gasteiger partial charge in [0.05, 0.1) is 0 Å². The fourth-order valence-electron chi connectivity index (χ4n) is 1.94. The van der Waals surface area contributed by atoms with Crippen LogP contribution >= 0.6 is 0 Å². The minimum atomic E-state index is 0.901. The van der Waals surface area contributed by atoms with Crippen molar-refractivity contribution in [1.82, 2.24) is 5.32 Å². The molecule has 0 radical (unpaired) electrons. The molecule has 1 aromatic rings. The van der Waals surface area contributed by atoms with E-state index in [0.717, 1.165) is 26.1 Å². The molecule has 0 aromatic heterocycles. The van der Waals surface area contributed by atoms with Crippen molar-refractivity contribution in [2.45, 2.75) is 32.1 Å². The van der Waals surface area contributed by atoms with Gasteiger partial charge in [0.25, 0.3) is 0 Å². The lowest BCUT2D eigenvalue weighted by atomic mass is 10.2. The molecule has 0 aliphatic heterocycles. The van der Waals surface area contributed by atoms with Gasteiger partial charge in [0, 0.05) is 13.7 Å². The van der Waals surface area contributed by atoms with E-state index in [-0.39, 0.29) is 0 Å². The monoisotopic (exact) mass is 261 g/mol. The summed E-state index contributed by atoms with van der Waals surface area (Å²) in [6.45, 7) is 3.10. The van der Waals surface area contributed by atoms with Crippen molar-refractivity contribution in [3.8, 4) is 0 Å². The highest BCUT2D eigenvalue weighted by molar-refractivity contribution is 5.48. The minimum absolute atomic E-state index is 0.901. The lowest BCUT2D eigenvalue weighted by molar-refractivity contribution is 0.192. The summed E-state index contributed by atoms with van der Waals surface area (Å²) in [4.78, 5) is 0. The second kappa shape index (κ2) is 11.9. The van der Waals surface area contributed by atoms with E-state index in [1.165, 1.54) is 31.2 Å². The SMILES string of the molecule is COCCCCCCNCCC=Cc1ccccc1. The lowest BCUT2D eigenvalue weighted by Crippen LogP contribution is -2.15. The third-order valence-corrected chi connectivity index (χ3v) is 3.05. The molecule has 0 amide bonds. The van der Waals surface area contributed by atoms with Crippen LogP contribution in [0.5, 0.6) is 0 Å². The van der Waals surface area contributed by atoms with Gasteiger partial charge in [-0.25, -0.2) is 0 Å². The Labute approximate surface area is 117 Å². The molecule has 0 aliphatic carbocycles. The Hall–Kier alpha value is -1.12. The summed E-state index contributed by atoms with van der Waals surface area (Å²) in [5, 5.41) is 3.48. The van der Waals surface area contributed by atoms with Gasteiger partial charge in [-0.2, -0.15) is 0 Å². The highest BCUT2D eigenvalue weighted by Gasteiger charge is 1.90. The van der Waals surface area contributed by atoms with Crippen molar-refractivity contribution in [2.24, 2.45) is 0 Å². The van der Waals surface area contributed by atoms with Crippen LogP contribution in [0.4, 0.5) is 0 Å². The first kappa shape index (κ1) is 15.9. The zero-order valence-electron chi connectivity index (χ0n) is 12.1. The van der Waals surface area contributed by atoms with Crippen molar-refractivity contribution in [3.05, 3.63) is 42.0 Å². The average molecular weight is 261 g/mol. The summed E-state index contributed by atoms with van der Waals surface area (Å²) in [6, 6.07) is 10.4. The van der Waals surface area contributed by atoms with Crippen LogP contribution < -0.4 is 5.32 Å². The van der Waals surface area contributed by atoms with E-state index >= 15 is 0 Å². The van der Waals surface area contributed by atoms with Gasteiger partial charge in [0.2, 0.25) is 0 Å². The quantitative estimate of drug-likeness (QED) is 0.610. The van der Waals surface area contributed by atoms with E-state index in [2.05, 4.69) is 41.7 Å². The van der Waals surface area contributed by atoms with E-state index in [1.54, 1.807) is 7.11 Å². The molecular weight excluding hydrogens is 234 g/mol. The summed E-state index contributed by atoms with van der Waals surface area (Å²) in [7, 11) is 1.77. The molecule has 1 rings (SSSR count). The number of methoxy groups -OCH3 is 1. The molecule has 0 heterocycles. The molecule has 19 heavy (non-hydrogen) atoms. The number of nitrogens with one attached hydrogen (secondary N) is 1. The lowest BCUT2D eigenvalue weighted by Gasteiger charge is -2.03. The van der Waals surface area contributed by atoms with E-state index in [4.69, 9.17) is 4.74 Å². The number of hydrogen-bond acceptors (Lipinski definition) is 2. The number of unbranched alkanes of at least 4 members (excludes halogenated alkanes) is 3. The second-order valence-corrected chi connectivity index (χ2v) is 4.76. The average Bonchev–Trinajstić information content (AvgIpc) is 2.46. The third kappa shape index (κ3) is 9.46. The van der Waals surface area contributed by atoms with Crippen molar-refractivity contribution in [1.29, 1.82) is 0 Å². The summed E-state index contributed by atoms with van der Waals surface area (Å²) >= 11 is 0. The molecule has 2 heteroatoms. The molecule has 1 N–H and O–H groups in total. The molecule has 0 unspecified atom stereocenters. The molecule has 106 valence electrons. The van der Waals surface area contributed by atoms with Gasteiger partial charge in [-0.3, -0.25) is 0 Å². The molecule has 0 bridgehead atoms. The van der Waals surface area contributed by atoms with Crippen LogP contribution in [0.2, 0.25) is 0 Å². The Morgan fingerprint density at radius 1 is 1.00 bits per heavy atom. The zero-order valence-corrected chi connectivity index (χ0v) is 12.1. The fourth-order valence-corrected chi connectivity index (χ4v) is 1.94. The predicted molar refractivity (Wildman–Crippen MR) is 83.3 cm³/mol. The van der Waals surface area contributed by atoms with Gasteiger partial charge in [-0.15, -0.1) is 0 Å². The fraction of sp³-hybridized carbons (Fsp3) is 0.529. The van der Waals surface area contributed by atoms with Crippen LogP contribution in [0.1, 0.15) is 37.7 Å². The summed E-state index contributed by atoms with van der Waals surface area (Å²) in [5.41, 5.74) is 1.28. The van der Waals surface area contributed by atoms with Gasteiger partial charge in [-0.05, 0) is 37.9 Å².